The molecule has 1 fully saturated rings. The van der Waals surface area contributed by atoms with Crippen LogP contribution in [0.2, 0.25) is 0 Å². The molecule has 1 amide bonds. The Morgan fingerprint density at radius 3 is 2.47 bits per heavy atom. The van der Waals surface area contributed by atoms with Gasteiger partial charge in [-0.05, 0) is 39.9 Å². The van der Waals surface area contributed by atoms with Gasteiger partial charge in [0.2, 0.25) is 0 Å². The molecule has 0 radical (unpaired) electrons. The van der Waals surface area contributed by atoms with Gasteiger partial charge < -0.3 is 15.0 Å². The fourth-order valence-electron chi connectivity index (χ4n) is 2.01. The summed E-state index contributed by atoms with van der Waals surface area (Å²) in [5, 5.41) is 4.22. The maximum Gasteiger partial charge on any atom is 0.410 e. The molecule has 19 heavy (non-hydrogen) atoms. The number of ether oxygens (including phenoxy) is 1. The van der Waals surface area contributed by atoms with Gasteiger partial charge in [0, 0.05) is 30.9 Å². The summed E-state index contributed by atoms with van der Waals surface area (Å²) in [6.45, 7) is 10.6. The number of carbonyl (C=O) groups excluding carboxylic acids is 1. The van der Waals surface area contributed by atoms with Crippen LogP contribution in [0.1, 0.15) is 40.5 Å². The predicted molar refractivity (Wildman–Crippen MR) is 81.8 cm³/mol. The van der Waals surface area contributed by atoms with Crippen LogP contribution < -0.4 is 5.32 Å². The lowest BCUT2D eigenvalue weighted by atomic mass is 10.1. The molecule has 1 aliphatic rings. The Hall–Kier alpha value is -0.420. The molecule has 112 valence electrons. The van der Waals surface area contributed by atoms with Crippen LogP contribution in [0.4, 0.5) is 4.79 Å². The molecule has 4 nitrogen and oxygen atoms in total. The Bertz CT molecular complexity index is 284. The number of likely N-dealkylation sites (tertiary alicyclic amines) is 1. The van der Waals surface area contributed by atoms with Gasteiger partial charge in [0.1, 0.15) is 5.60 Å². The predicted octanol–water partition coefficient (Wildman–Crippen LogP) is 2.73. The molecule has 1 N–H and O–H groups in total. The second kappa shape index (κ2) is 7.39. The molecular formula is C14H28N2O2S. The number of thioether (sulfide) groups is 1. The number of piperidine rings is 1. The van der Waals surface area contributed by atoms with E-state index in [9.17, 15) is 4.79 Å². The standard InChI is InChI=1S/C14H28N2O2S/c1-11(19-5)10-15-12-6-8-16(9-7-12)13(17)18-14(2,3)4/h11-12,15H,6-10H2,1-5H3. The van der Waals surface area contributed by atoms with Crippen LogP contribution in [0.25, 0.3) is 0 Å². The number of nitrogens with zero attached hydrogens (tertiary/aromatic N) is 1. The third kappa shape index (κ3) is 6.52. The summed E-state index contributed by atoms with van der Waals surface area (Å²) in [6, 6.07) is 0.535. The summed E-state index contributed by atoms with van der Waals surface area (Å²) in [6.07, 6.45) is 3.99. The van der Waals surface area contributed by atoms with Crippen molar-refractivity contribution in [2.45, 2.75) is 57.4 Å². The average molecular weight is 288 g/mol. The Labute approximate surface area is 121 Å². The zero-order valence-corrected chi connectivity index (χ0v) is 13.7. The first-order valence-electron chi connectivity index (χ1n) is 7.06. The summed E-state index contributed by atoms with van der Waals surface area (Å²) in [4.78, 5) is 13.7. The fraction of sp³-hybridized carbons (Fsp3) is 0.929. The van der Waals surface area contributed by atoms with E-state index in [1.807, 2.05) is 37.4 Å². The van der Waals surface area contributed by atoms with Gasteiger partial charge in [0.05, 0.1) is 0 Å². The second-order valence-corrected chi connectivity index (χ2v) is 7.47. The molecule has 0 aliphatic carbocycles. The molecule has 0 aromatic heterocycles. The molecule has 0 aromatic carbocycles. The third-order valence-corrected chi connectivity index (χ3v) is 4.21. The quantitative estimate of drug-likeness (QED) is 0.863. The van der Waals surface area contributed by atoms with E-state index in [1.165, 1.54) is 0 Å². The zero-order valence-electron chi connectivity index (χ0n) is 12.9. The van der Waals surface area contributed by atoms with E-state index in [1.54, 1.807) is 0 Å². The lowest BCUT2D eigenvalue weighted by molar-refractivity contribution is 0.0198. The maximum absolute atomic E-state index is 11.9. The fourth-order valence-corrected chi connectivity index (χ4v) is 2.27. The minimum Gasteiger partial charge on any atom is -0.444 e. The summed E-state index contributed by atoms with van der Waals surface area (Å²) in [5.41, 5.74) is -0.403. The molecule has 0 spiro atoms. The largest absolute Gasteiger partial charge is 0.444 e. The Balaban J connectivity index is 2.27. The summed E-state index contributed by atoms with van der Waals surface area (Å²) < 4.78 is 5.39. The van der Waals surface area contributed by atoms with Crippen molar-refractivity contribution in [3.05, 3.63) is 0 Å². The highest BCUT2D eigenvalue weighted by atomic mass is 32.2. The smallest absolute Gasteiger partial charge is 0.410 e. The van der Waals surface area contributed by atoms with Crippen molar-refractivity contribution in [2.24, 2.45) is 0 Å². The van der Waals surface area contributed by atoms with E-state index in [0.29, 0.717) is 11.3 Å². The van der Waals surface area contributed by atoms with Crippen LogP contribution in [0.5, 0.6) is 0 Å². The number of amides is 1. The van der Waals surface area contributed by atoms with Crippen LogP contribution >= 0.6 is 11.8 Å². The van der Waals surface area contributed by atoms with Gasteiger partial charge in [-0.1, -0.05) is 6.92 Å². The lowest BCUT2D eigenvalue weighted by Gasteiger charge is -2.34. The van der Waals surface area contributed by atoms with E-state index in [0.717, 1.165) is 32.5 Å². The molecule has 5 heteroatoms. The summed E-state index contributed by atoms with van der Waals surface area (Å²) in [5.74, 6) is 0. The van der Waals surface area contributed by atoms with Gasteiger partial charge in [-0.2, -0.15) is 11.8 Å². The van der Waals surface area contributed by atoms with Gasteiger partial charge >= 0.3 is 6.09 Å². The zero-order chi connectivity index (χ0) is 14.5. The second-order valence-electron chi connectivity index (χ2n) is 6.20. The van der Waals surface area contributed by atoms with Crippen molar-refractivity contribution < 1.29 is 9.53 Å². The van der Waals surface area contributed by atoms with Gasteiger partial charge in [-0.15, -0.1) is 0 Å². The number of rotatable bonds is 4. The van der Waals surface area contributed by atoms with Crippen LogP contribution in [0, 0.1) is 0 Å². The van der Waals surface area contributed by atoms with Gasteiger partial charge in [0.15, 0.2) is 0 Å². The molecular weight excluding hydrogens is 260 g/mol. The number of carbonyl (C=O) groups is 1. The Morgan fingerprint density at radius 1 is 1.42 bits per heavy atom. The van der Waals surface area contributed by atoms with Crippen molar-refractivity contribution >= 4 is 17.9 Å². The summed E-state index contributed by atoms with van der Waals surface area (Å²) >= 11 is 1.88. The van der Waals surface area contributed by atoms with E-state index < -0.39 is 5.60 Å². The maximum atomic E-state index is 11.9. The molecule has 1 heterocycles. The van der Waals surface area contributed by atoms with Crippen LogP contribution in [-0.4, -0.2) is 53.8 Å². The molecule has 0 saturated carbocycles. The van der Waals surface area contributed by atoms with Crippen molar-refractivity contribution in [3.8, 4) is 0 Å². The highest BCUT2D eigenvalue weighted by Crippen LogP contribution is 2.15. The van der Waals surface area contributed by atoms with E-state index >= 15 is 0 Å². The highest BCUT2D eigenvalue weighted by molar-refractivity contribution is 7.99. The minimum atomic E-state index is -0.403. The molecule has 1 unspecified atom stereocenters. The Kier molecular flexibility index (Phi) is 6.47. The molecule has 1 atom stereocenters. The monoisotopic (exact) mass is 288 g/mol. The van der Waals surface area contributed by atoms with Crippen molar-refractivity contribution in [2.75, 3.05) is 25.9 Å². The SMILES string of the molecule is CSC(C)CNC1CCN(C(=O)OC(C)(C)C)CC1. The first kappa shape index (κ1) is 16.6. The number of hydrogen-bond donors (Lipinski definition) is 1. The molecule has 1 saturated heterocycles. The normalized spacial score (nSPS) is 19.3. The van der Waals surface area contributed by atoms with Crippen LogP contribution in [-0.2, 0) is 4.74 Å². The van der Waals surface area contributed by atoms with E-state index in [4.69, 9.17) is 4.74 Å². The number of nitrogens with one attached hydrogen (secondary N) is 1. The first-order valence-corrected chi connectivity index (χ1v) is 8.34. The average Bonchev–Trinajstić information content (AvgIpc) is 2.34. The summed E-state index contributed by atoms with van der Waals surface area (Å²) in [7, 11) is 0. The van der Waals surface area contributed by atoms with E-state index in [2.05, 4.69) is 18.5 Å². The van der Waals surface area contributed by atoms with Crippen LogP contribution in [0.15, 0.2) is 0 Å². The van der Waals surface area contributed by atoms with Crippen LogP contribution in [0.3, 0.4) is 0 Å². The van der Waals surface area contributed by atoms with Gasteiger partial charge in [-0.3, -0.25) is 0 Å². The Morgan fingerprint density at radius 2 is 2.00 bits per heavy atom. The topological polar surface area (TPSA) is 41.6 Å². The molecule has 0 aromatic rings. The molecule has 1 rings (SSSR count). The lowest BCUT2D eigenvalue weighted by Crippen LogP contribution is -2.47. The molecule has 1 aliphatic heterocycles. The highest BCUT2D eigenvalue weighted by Gasteiger charge is 2.26. The first-order chi connectivity index (χ1) is 8.81. The molecule has 0 bridgehead atoms. The van der Waals surface area contributed by atoms with Crippen molar-refractivity contribution in [1.82, 2.24) is 10.2 Å². The third-order valence-electron chi connectivity index (χ3n) is 3.24. The van der Waals surface area contributed by atoms with E-state index in [-0.39, 0.29) is 6.09 Å². The van der Waals surface area contributed by atoms with Gasteiger partial charge in [-0.25, -0.2) is 4.79 Å². The number of hydrogen-bond acceptors (Lipinski definition) is 4. The minimum absolute atomic E-state index is 0.177. The van der Waals surface area contributed by atoms with Crippen molar-refractivity contribution in [3.63, 3.8) is 0 Å². The van der Waals surface area contributed by atoms with Gasteiger partial charge in [0.25, 0.3) is 0 Å². The van der Waals surface area contributed by atoms with Crippen molar-refractivity contribution in [1.29, 1.82) is 0 Å².